The SMILES string of the molecule is Nc1nc(N2CCOCC2)nn1-c1ccc(Cl)cc1Cl. The third kappa shape index (κ3) is 2.54. The van der Waals surface area contributed by atoms with Crippen LogP contribution in [0.4, 0.5) is 11.9 Å². The Morgan fingerprint density at radius 3 is 2.65 bits per heavy atom. The summed E-state index contributed by atoms with van der Waals surface area (Å²) >= 11 is 12.1. The molecule has 0 unspecified atom stereocenters. The Morgan fingerprint density at radius 2 is 1.95 bits per heavy atom. The molecule has 106 valence electrons. The van der Waals surface area contributed by atoms with E-state index in [9.17, 15) is 0 Å². The van der Waals surface area contributed by atoms with E-state index in [-0.39, 0.29) is 5.95 Å². The van der Waals surface area contributed by atoms with E-state index in [4.69, 9.17) is 33.7 Å². The molecule has 0 radical (unpaired) electrons. The molecule has 1 aromatic heterocycles. The number of nitrogens with two attached hydrogens (primary N) is 1. The van der Waals surface area contributed by atoms with Gasteiger partial charge in [-0.2, -0.15) is 9.67 Å². The van der Waals surface area contributed by atoms with Crippen molar-refractivity contribution in [1.82, 2.24) is 14.8 Å². The average Bonchev–Trinajstić information content (AvgIpc) is 2.82. The molecule has 1 aromatic carbocycles. The lowest BCUT2D eigenvalue weighted by molar-refractivity contribution is 0.122. The highest BCUT2D eigenvalue weighted by Gasteiger charge is 2.18. The van der Waals surface area contributed by atoms with E-state index in [0.717, 1.165) is 13.1 Å². The van der Waals surface area contributed by atoms with Gasteiger partial charge in [0.2, 0.25) is 11.9 Å². The Morgan fingerprint density at radius 1 is 1.20 bits per heavy atom. The molecule has 6 nitrogen and oxygen atoms in total. The number of benzene rings is 1. The fourth-order valence-corrected chi connectivity index (χ4v) is 2.53. The molecule has 1 aliphatic rings. The Hall–Kier alpha value is -1.50. The van der Waals surface area contributed by atoms with Gasteiger partial charge in [-0.15, -0.1) is 5.10 Å². The molecular formula is C12H13Cl2N5O. The predicted molar refractivity (Wildman–Crippen MR) is 78.8 cm³/mol. The molecule has 1 fully saturated rings. The molecule has 0 atom stereocenters. The fourth-order valence-electron chi connectivity index (χ4n) is 2.04. The number of rotatable bonds is 2. The quantitative estimate of drug-likeness (QED) is 0.918. The van der Waals surface area contributed by atoms with Crippen molar-refractivity contribution in [2.24, 2.45) is 0 Å². The minimum absolute atomic E-state index is 0.288. The number of anilines is 2. The van der Waals surface area contributed by atoms with Crippen LogP contribution in [0.3, 0.4) is 0 Å². The molecule has 0 amide bonds. The summed E-state index contributed by atoms with van der Waals surface area (Å²) in [7, 11) is 0. The standard InChI is InChI=1S/C12H13Cl2N5O/c13-8-1-2-10(9(14)7-8)19-11(15)16-12(17-19)18-3-5-20-6-4-18/h1-2,7H,3-6H2,(H2,15,16,17). The highest BCUT2D eigenvalue weighted by molar-refractivity contribution is 6.35. The summed E-state index contributed by atoms with van der Waals surface area (Å²) in [6.07, 6.45) is 0. The Kier molecular flexibility index (Phi) is 3.69. The monoisotopic (exact) mass is 313 g/mol. The van der Waals surface area contributed by atoms with Crippen molar-refractivity contribution in [1.29, 1.82) is 0 Å². The smallest absolute Gasteiger partial charge is 0.247 e. The summed E-state index contributed by atoms with van der Waals surface area (Å²) in [5, 5.41) is 5.45. The first-order valence-corrected chi connectivity index (χ1v) is 6.91. The third-order valence-corrected chi connectivity index (χ3v) is 3.59. The molecular weight excluding hydrogens is 301 g/mol. The molecule has 0 spiro atoms. The highest BCUT2D eigenvalue weighted by atomic mass is 35.5. The summed E-state index contributed by atoms with van der Waals surface area (Å²) in [6.45, 7) is 2.82. The van der Waals surface area contributed by atoms with Crippen molar-refractivity contribution in [2.75, 3.05) is 36.9 Å². The van der Waals surface area contributed by atoms with E-state index in [1.807, 2.05) is 4.90 Å². The molecule has 8 heteroatoms. The number of morpholine rings is 1. The molecule has 2 heterocycles. The van der Waals surface area contributed by atoms with Crippen molar-refractivity contribution in [2.45, 2.75) is 0 Å². The first kappa shape index (κ1) is 13.5. The molecule has 1 aliphatic heterocycles. The van der Waals surface area contributed by atoms with Crippen LogP contribution in [0.5, 0.6) is 0 Å². The van der Waals surface area contributed by atoms with Crippen LogP contribution in [0.1, 0.15) is 0 Å². The van der Waals surface area contributed by atoms with Crippen LogP contribution in [0.2, 0.25) is 10.0 Å². The van der Waals surface area contributed by atoms with E-state index in [1.165, 1.54) is 4.68 Å². The summed E-state index contributed by atoms with van der Waals surface area (Å²) in [6, 6.07) is 5.14. The van der Waals surface area contributed by atoms with Gasteiger partial charge in [0.25, 0.3) is 0 Å². The van der Waals surface area contributed by atoms with Crippen LogP contribution >= 0.6 is 23.2 Å². The summed E-state index contributed by atoms with van der Waals surface area (Å²) in [5.41, 5.74) is 6.58. The van der Waals surface area contributed by atoms with Crippen LogP contribution in [-0.2, 0) is 4.74 Å². The fraction of sp³-hybridized carbons (Fsp3) is 0.333. The van der Waals surface area contributed by atoms with E-state index in [0.29, 0.717) is 34.9 Å². The summed E-state index contributed by atoms with van der Waals surface area (Å²) in [5.74, 6) is 0.868. The normalized spacial score (nSPS) is 15.6. The van der Waals surface area contributed by atoms with Gasteiger partial charge in [0.15, 0.2) is 0 Å². The van der Waals surface area contributed by atoms with Gasteiger partial charge >= 0.3 is 0 Å². The van der Waals surface area contributed by atoms with E-state index in [1.54, 1.807) is 18.2 Å². The van der Waals surface area contributed by atoms with Gasteiger partial charge in [0.1, 0.15) is 0 Å². The Balaban J connectivity index is 1.95. The molecule has 1 saturated heterocycles. The van der Waals surface area contributed by atoms with E-state index in [2.05, 4.69) is 10.1 Å². The molecule has 0 saturated carbocycles. The van der Waals surface area contributed by atoms with Crippen LogP contribution < -0.4 is 10.6 Å². The maximum absolute atomic E-state index is 6.17. The van der Waals surface area contributed by atoms with Gasteiger partial charge in [-0.1, -0.05) is 23.2 Å². The van der Waals surface area contributed by atoms with Crippen LogP contribution in [0.15, 0.2) is 18.2 Å². The second kappa shape index (κ2) is 5.47. The van der Waals surface area contributed by atoms with Crippen molar-refractivity contribution in [3.63, 3.8) is 0 Å². The van der Waals surface area contributed by atoms with Crippen molar-refractivity contribution < 1.29 is 4.74 Å². The first-order chi connectivity index (χ1) is 9.65. The molecule has 0 bridgehead atoms. The van der Waals surface area contributed by atoms with Crippen LogP contribution in [0.25, 0.3) is 5.69 Å². The Bertz CT molecular complexity index is 624. The van der Waals surface area contributed by atoms with E-state index < -0.39 is 0 Å². The van der Waals surface area contributed by atoms with Crippen molar-refractivity contribution >= 4 is 35.1 Å². The predicted octanol–water partition coefficient (Wildman–Crippen LogP) is 1.99. The second-order valence-corrected chi connectivity index (χ2v) is 5.22. The lowest BCUT2D eigenvalue weighted by atomic mass is 10.3. The zero-order valence-corrected chi connectivity index (χ0v) is 12.1. The average molecular weight is 314 g/mol. The molecule has 0 aliphatic carbocycles. The maximum atomic E-state index is 6.17. The summed E-state index contributed by atoms with van der Waals surface area (Å²) < 4.78 is 6.82. The lowest BCUT2D eigenvalue weighted by Gasteiger charge is -2.25. The molecule has 20 heavy (non-hydrogen) atoms. The van der Waals surface area contributed by atoms with Gasteiger partial charge in [0, 0.05) is 18.1 Å². The second-order valence-electron chi connectivity index (χ2n) is 4.38. The number of hydrogen-bond acceptors (Lipinski definition) is 5. The molecule has 2 N–H and O–H groups in total. The molecule has 2 aromatic rings. The first-order valence-electron chi connectivity index (χ1n) is 6.16. The van der Waals surface area contributed by atoms with Gasteiger partial charge < -0.3 is 15.4 Å². The number of hydrogen-bond donors (Lipinski definition) is 1. The lowest BCUT2D eigenvalue weighted by Crippen LogP contribution is -2.37. The summed E-state index contributed by atoms with van der Waals surface area (Å²) in [4.78, 5) is 6.31. The molecule has 3 rings (SSSR count). The van der Waals surface area contributed by atoms with Gasteiger partial charge in [-0.05, 0) is 18.2 Å². The number of nitrogens with zero attached hydrogens (tertiary/aromatic N) is 4. The largest absolute Gasteiger partial charge is 0.378 e. The minimum Gasteiger partial charge on any atom is -0.378 e. The minimum atomic E-state index is 0.288. The number of halogens is 2. The van der Waals surface area contributed by atoms with E-state index >= 15 is 0 Å². The topological polar surface area (TPSA) is 69.2 Å². The highest BCUT2D eigenvalue weighted by Crippen LogP contribution is 2.26. The van der Waals surface area contributed by atoms with Crippen LogP contribution in [0, 0.1) is 0 Å². The third-order valence-electron chi connectivity index (χ3n) is 3.05. The zero-order chi connectivity index (χ0) is 14.1. The Labute approximate surface area is 126 Å². The number of nitrogen functional groups attached to an aromatic ring is 1. The van der Waals surface area contributed by atoms with Gasteiger partial charge in [0.05, 0.1) is 23.9 Å². The number of aromatic nitrogens is 3. The van der Waals surface area contributed by atoms with Crippen LogP contribution in [-0.4, -0.2) is 41.1 Å². The van der Waals surface area contributed by atoms with Crippen molar-refractivity contribution in [3.8, 4) is 5.69 Å². The van der Waals surface area contributed by atoms with Crippen molar-refractivity contribution in [3.05, 3.63) is 28.2 Å². The maximum Gasteiger partial charge on any atom is 0.247 e. The zero-order valence-electron chi connectivity index (χ0n) is 10.6. The van der Waals surface area contributed by atoms with Gasteiger partial charge in [-0.25, -0.2) is 0 Å². The van der Waals surface area contributed by atoms with Gasteiger partial charge in [-0.3, -0.25) is 0 Å². The number of ether oxygens (including phenoxy) is 1.